The third-order valence-corrected chi connectivity index (χ3v) is 2.09. The molecule has 3 N–H and O–H groups in total. The molecule has 14 heavy (non-hydrogen) atoms. The van der Waals surface area contributed by atoms with Crippen molar-refractivity contribution in [2.24, 2.45) is 0 Å². The number of hydrogen-bond donors (Lipinski definition) is 3. The number of ether oxygens (including phenoxy) is 1. The number of hydrogen-bond acceptors (Lipinski definition) is 4. The van der Waals surface area contributed by atoms with Crippen LogP contribution < -0.4 is 9.44 Å². The molecule has 0 bridgehead atoms. The summed E-state index contributed by atoms with van der Waals surface area (Å²) in [6.45, 7) is 3.84. The molecule has 8 heteroatoms. The molecule has 0 saturated heterocycles. The molecular weight excluding hydrogens is 212 g/mol. The Labute approximate surface area is 82.6 Å². The second-order valence-corrected chi connectivity index (χ2v) is 4.22. The van der Waals surface area contributed by atoms with E-state index in [1.165, 1.54) is 4.72 Å². The summed E-state index contributed by atoms with van der Waals surface area (Å²) < 4.78 is 30.0. The van der Waals surface area contributed by atoms with Gasteiger partial charge < -0.3 is 9.84 Å². The smallest absolute Gasteiger partial charge is 0.419 e. The lowest BCUT2D eigenvalue weighted by atomic mass is 10.5. The van der Waals surface area contributed by atoms with E-state index in [9.17, 15) is 13.2 Å². The molecule has 84 valence electrons. The minimum atomic E-state index is -3.96. The van der Waals surface area contributed by atoms with E-state index in [0.717, 1.165) is 0 Å². The number of carbonyl (C=O) groups is 1. The van der Waals surface area contributed by atoms with Gasteiger partial charge in [-0.15, -0.1) is 0 Å². The second-order valence-electron chi connectivity index (χ2n) is 2.72. The van der Waals surface area contributed by atoms with Crippen molar-refractivity contribution in [3.05, 3.63) is 0 Å². The van der Waals surface area contributed by atoms with Crippen LogP contribution in [0.25, 0.3) is 0 Å². The molecule has 0 rings (SSSR count). The topological polar surface area (TPSA) is 105 Å². The number of rotatable bonds is 6. The summed E-state index contributed by atoms with van der Waals surface area (Å²) in [5.74, 6) is 0. The van der Waals surface area contributed by atoms with Crippen molar-refractivity contribution in [3.8, 4) is 0 Å². The van der Waals surface area contributed by atoms with Crippen LogP contribution in [-0.4, -0.2) is 38.9 Å². The zero-order chi connectivity index (χ0) is 11.2. The summed E-state index contributed by atoms with van der Waals surface area (Å²) >= 11 is 0. The van der Waals surface area contributed by atoms with Gasteiger partial charge in [0.15, 0.2) is 0 Å². The minimum absolute atomic E-state index is 0.00642. The highest BCUT2D eigenvalue weighted by atomic mass is 32.2. The average Bonchev–Trinajstić information content (AvgIpc) is 1.95. The van der Waals surface area contributed by atoms with Gasteiger partial charge >= 0.3 is 16.3 Å². The van der Waals surface area contributed by atoms with Crippen LogP contribution in [-0.2, 0) is 14.9 Å². The van der Waals surface area contributed by atoms with Gasteiger partial charge in [-0.05, 0) is 13.8 Å². The molecule has 7 nitrogen and oxygen atoms in total. The van der Waals surface area contributed by atoms with Crippen LogP contribution in [0.15, 0.2) is 0 Å². The Morgan fingerprint density at radius 1 is 1.50 bits per heavy atom. The molecular formula is C6H14N2O5S. The molecule has 0 aromatic carbocycles. The van der Waals surface area contributed by atoms with Gasteiger partial charge in [-0.1, -0.05) is 0 Å². The minimum Gasteiger partial charge on any atom is -0.464 e. The van der Waals surface area contributed by atoms with E-state index in [0.29, 0.717) is 0 Å². The maximum absolute atomic E-state index is 10.8. The molecule has 0 radical (unpaired) electrons. The van der Waals surface area contributed by atoms with E-state index in [-0.39, 0.29) is 19.3 Å². The molecule has 0 saturated carbocycles. The fourth-order valence-corrected chi connectivity index (χ4v) is 1.28. The SMILES string of the molecule is CC(C)OCCNS(=O)(=O)NC(=O)O. The predicted octanol–water partition coefficient (Wildman–Crippen LogP) is -0.487. The van der Waals surface area contributed by atoms with E-state index in [2.05, 4.69) is 0 Å². The maximum atomic E-state index is 10.8. The van der Waals surface area contributed by atoms with Gasteiger partial charge in [-0.25, -0.2) is 9.52 Å². The Bertz CT molecular complexity index is 274. The van der Waals surface area contributed by atoms with Crippen molar-refractivity contribution in [1.29, 1.82) is 0 Å². The van der Waals surface area contributed by atoms with Gasteiger partial charge in [0.1, 0.15) is 0 Å². The van der Waals surface area contributed by atoms with Crippen molar-refractivity contribution in [1.82, 2.24) is 9.44 Å². The monoisotopic (exact) mass is 226 g/mol. The summed E-state index contributed by atoms with van der Waals surface area (Å²) in [5.41, 5.74) is 0. The van der Waals surface area contributed by atoms with E-state index in [4.69, 9.17) is 9.84 Å². The molecule has 0 unspecified atom stereocenters. The van der Waals surface area contributed by atoms with Gasteiger partial charge in [0.25, 0.3) is 0 Å². The first-order valence-electron chi connectivity index (χ1n) is 3.95. The summed E-state index contributed by atoms with van der Waals surface area (Å²) in [6, 6.07) is 0. The molecule has 0 aliphatic rings. The molecule has 0 fully saturated rings. The quantitative estimate of drug-likeness (QED) is 0.530. The fraction of sp³-hybridized carbons (Fsp3) is 0.833. The van der Waals surface area contributed by atoms with Gasteiger partial charge in [-0.3, -0.25) is 0 Å². The largest absolute Gasteiger partial charge is 0.464 e. The Balaban J connectivity index is 3.72. The molecule has 0 aliphatic heterocycles. The van der Waals surface area contributed by atoms with Gasteiger partial charge in [0.2, 0.25) is 0 Å². The first kappa shape index (κ1) is 13.1. The molecule has 0 aromatic heterocycles. The zero-order valence-electron chi connectivity index (χ0n) is 7.98. The van der Waals surface area contributed by atoms with Gasteiger partial charge in [0.05, 0.1) is 12.7 Å². The van der Waals surface area contributed by atoms with E-state index < -0.39 is 16.3 Å². The maximum Gasteiger partial charge on any atom is 0.419 e. The number of nitrogens with one attached hydrogen (secondary N) is 2. The predicted molar refractivity (Wildman–Crippen MR) is 49.2 cm³/mol. The average molecular weight is 226 g/mol. The molecule has 0 aliphatic carbocycles. The normalized spacial score (nSPS) is 11.6. The molecule has 1 amide bonds. The Hall–Kier alpha value is -0.860. The first-order valence-corrected chi connectivity index (χ1v) is 5.44. The van der Waals surface area contributed by atoms with Crippen LogP contribution in [0.5, 0.6) is 0 Å². The summed E-state index contributed by atoms with van der Waals surface area (Å²) in [7, 11) is -3.96. The van der Waals surface area contributed by atoms with Gasteiger partial charge in [-0.2, -0.15) is 13.1 Å². The van der Waals surface area contributed by atoms with Crippen LogP contribution in [0.4, 0.5) is 4.79 Å². The van der Waals surface area contributed by atoms with Crippen molar-refractivity contribution < 1.29 is 23.1 Å². The van der Waals surface area contributed by atoms with Crippen LogP contribution in [0.1, 0.15) is 13.8 Å². The van der Waals surface area contributed by atoms with Crippen molar-refractivity contribution >= 4 is 16.3 Å². The molecule has 0 heterocycles. The highest BCUT2D eigenvalue weighted by molar-refractivity contribution is 7.88. The van der Waals surface area contributed by atoms with Crippen molar-refractivity contribution in [2.45, 2.75) is 20.0 Å². The third kappa shape index (κ3) is 7.77. The van der Waals surface area contributed by atoms with Gasteiger partial charge in [0, 0.05) is 6.54 Å². The lowest BCUT2D eigenvalue weighted by Crippen LogP contribution is -2.40. The Morgan fingerprint density at radius 2 is 2.07 bits per heavy atom. The molecule has 0 spiro atoms. The lowest BCUT2D eigenvalue weighted by Gasteiger charge is -2.08. The van der Waals surface area contributed by atoms with Crippen molar-refractivity contribution in [3.63, 3.8) is 0 Å². The van der Waals surface area contributed by atoms with E-state index in [1.807, 2.05) is 18.6 Å². The van der Waals surface area contributed by atoms with E-state index in [1.54, 1.807) is 0 Å². The lowest BCUT2D eigenvalue weighted by molar-refractivity contribution is 0.0833. The molecule has 0 atom stereocenters. The zero-order valence-corrected chi connectivity index (χ0v) is 8.80. The number of carboxylic acid groups (broad SMARTS) is 1. The summed E-state index contributed by atoms with van der Waals surface area (Å²) in [4.78, 5) is 9.99. The van der Waals surface area contributed by atoms with Crippen LogP contribution in [0.2, 0.25) is 0 Å². The van der Waals surface area contributed by atoms with Crippen LogP contribution in [0, 0.1) is 0 Å². The third-order valence-electron chi connectivity index (χ3n) is 1.07. The number of amides is 1. The Morgan fingerprint density at radius 3 is 2.50 bits per heavy atom. The first-order chi connectivity index (χ1) is 6.33. The highest BCUT2D eigenvalue weighted by Crippen LogP contribution is 1.85. The molecule has 0 aromatic rings. The van der Waals surface area contributed by atoms with Crippen molar-refractivity contribution in [2.75, 3.05) is 13.2 Å². The highest BCUT2D eigenvalue weighted by Gasteiger charge is 2.11. The van der Waals surface area contributed by atoms with Crippen LogP contribution in [0.3, 0.4) is 0 Å². The summed E-state index contributed by atoms with van der Waals surface area (Å²) in [6.07, 6.45) is -1.62. The standard InChI is InChI=1S/C6H14N2O5S/c1-5(2)13-4-3-7-14(11,12)8-6(9)10/h5,7-8H,3-4H2,1-2H3,(H,9,10). The van der Waals surface area contributed by atoms with E-state index >= 15 is 0 Å². The summed E-state index contributed by atoms with van der Waals surface area (Å²) in [5, 5.41) is 8.13. The van der Waals surface area contributed by atoms with Crippen LogP contribution >= 0.6 is 0 Å². The Kier molecular flexibility index (Phi) is 5.43. The second kappa shape index (κ2) is 5.78. The fourth-order valence-electron chi connectivity index (χ4n) is 0.622.